The molecule has 1 atom stereocenters. The van der Waals surface area contributed by atoms with Gasteiger partial charge in [0.1, 0.15) is 11.4 Å². The zero-order valence-corrected chi connectivity index (χ0v) is 15.5. The standard InChI is InChI=1S/C20H21N3O2S/c1-14-6-5-9-22(10-14)17(24)11-23-13-21-19-18(20(23)25)16(12-26-19)15-7-3-2-4-8-15/h2-4,7-8,12-14H,5-6,9-11H2,1H3. The number of amides is 1. The van der Waals surface area contributed by atoms with Crippen molar-refractivity contribution >= 4 is 27.5 Å². The van der Waals surface area contributed by atoms with Gasteiger partial charge in [-0.1, -0.05) is 37.3 Å². The number of rotatable bonds is 3. The number of carbonyl (C=O) groups excluding carboxylic acids is 1. The summed E-state index contributed by atoms with van der Waals surface area (Å²) in [5.74, 6) is 0.517. The molecule has 0 aliphatic carbocycles. The Hall–Kier alpha value is -2.47. The molecular formula is C20H21N3O2S. The lowest BCUT2D eigenvalue weighted by Gasteiger charge is -2.31. The zero-order chi connectivity index (χ0) is 18.1. The first kappa shape index (κ1) is 17.0. The lowest BCUT2D eigenvalue weighted by molar-refractivity contribution is -0.133. The van der Waals surface area contributed by atoms with E-state index in [0.717, 1.165) is 37.1 Å². The van der Waals surface area contributed by atoms with E-state index < -0.39 is 0 Å². The van der Waals surface area contributed by atoms with Crippen LogP contribution >= 0.6 is 11.3 Å². The van der Waals surface area contributed by atoms with Gasteiger partial charge in [0.25, 0.3) is 5.56 Å². The van der Waals surface area contributed by atoms with Gasteiger partial charge in [-0.15, -0.1) is 11.3 Å². The summed E-state index contributed by atoms with van der Waals surface area (Å²) in [5, 5.41) is 2.57. The molecule has 1 amide bonds. The Morgan fingerprint density at radius 1 is 1.31 bits per heavy atom. The Balaban J connectivity index is 1.67. The second-order valence-electron chi connectivity index (χ2n) is 6.96. The highest BCUT2D eigenvalue weighted by Gasteiger charge is 2.22. The maximum Gasteiger partial charge on any atom is 0.263 e. The molecule has 0 saturated carbocycles. The van der Waals surface area contributed by atoms with Gasteiger partial charge in [0.2, 0.25) is 5.91 Å². The average molecular weight is 367 g/mol. The predicted molar refractivity (Wildman–Crippen MR) is 104 cm³/mol. The molecule has 2 aromatic heterocycles. The molecule has 134 valence electrons. The molecule has 26 heavy (non-hydrogen) atoms. The van der Waals surface area contributed by atoms with Crippen LogP contribution < -0.4 is 5.56 Å². The monoisotopic (exact) mass is 367 g/mol. The first-order valence-corrected chi connectivity index (χ1v) is 9.81. The highest BCUT2D eigenvalue weighted by Crippen LogP contribution is 2.30. The van der Waals surface area contributed by atoms with Crippen molar-refractivity contribution in [3.8, 4) is 11.1 Å². The van der Waals surface area contributed by atoms with Crippen LogP contribution in [0.1, 0.15) is 19.8 Å². The summed E-state index contributed by atoms with van der Waals surface area (Å²) in [5.41, 5.74) is 1.73. The highest BCUT2D eigenvalue weighted by molar-refractivity contribution is 7.17. The van der Waals surface area contributed by atoms with Gasteiger partial charge in [-0.05, 0) is 24.3 Å². The zero-order valence-electron chi connectivity index (χ0n) is 14.7. The molecule has 1 aromatic carbocycles. The smallest absolute Gasteiger partial charge is 0.263 e. The molecule has 5 nitrogen and oxygen atoms in total. The van der Waals surface area contributed by atoms with Crippen LogP contribution in [0.15, 0.2) is 46.8 Å². The van der Waals surface area contributed by atoms with Gasteiger partial charge < -0.3 is 4.90 Å². The molecule has 1 unspecified atom stereocenters. The SMILES string of the molecule is CC1CCCN(C(=O)Cn2cnc3scc(-c4ccccc4)c3c2=O)C1. The third-order valence-corrected chi connectivity index (χ3v) is 5.85. The second kappa shape index (κ2) is 7.03. The summed E-state index contributed by atoms with van der Waals surface area (Å²) in [4.78, 5) is 32.7. The average Bonchev–Trinajstić information content (AvgIpc) is 3.09. The van der Waals surface area contributed by atoms with Crippen molar-refractivity contribution in [3.63, 3.8) is 0 Å². The quantitative estimate of drug-likeness (QED) is 0.713. The maximum atomic E-state index is 13.0. The van der Waals surface area contributed by atoms with Crippen molar-refractivity contribution in [2.75, 3.05) is 13.1 Å². The van der Waals surface area contributed by atoms with E-state index in [2.05, 4.69) is 11.9 Å². The van der Waals surface area contributed by atoms with Crippen LogP contribution in [-0.2, 0) is 11.3 Å². The molecule has 1 aliphatic heterocycles. The number of aromatic nitrogens is 2. The van der Waals surface area contributed by atoms with Crippen molar-refractivity contribution in [1.29, 1.82) is 0 Å². The number of fused-ring (bicyclic) bond motifs is 1. The number of thiophene rings is 1. The summed E-state index contributed by atoms with van der Waals surface area (Å²) in [6, 6.07) is 9.83. The van der Waals surface area contributed by atoms with E-state index in [4.69, 9.17) is 0 Å². The van der Waals surface area contributed by atoms with Crippen molar-refractivity contribution in [2.45, 2.75) is 26.3 Å². The molecule has 1 aliphatic rings. The largest absolute Gasteiger partial charge is 0.341 e. The van der Waals surface area contributed by atoms with Crippen molar-refractivity contribution in [1.82, 2.24) is 14.5 Å². The lowest BCUT2D eigenvalue weighted by Crippen LogP contribution is -2.42. The Bertz CT molecular complexity index is 993. The van der Waals surface area contributed by atoms with Gasteiger partial charge in [-0.3, -0.25) is 14.2 Å². The van der Waals surface area contributed by atoms with Crippen LogP contribution in [0.3, 0.4) is 0 Å². The molecule has 0 N–H and O–H groups in total. The summed E-state index contributed by atoms with van der Waals surface area (Å²) >= 11 is 1.46. The fourth-order valence-corrected chi connectivity index (χ4v) is 4.48. The summed E-state index contributed by atoms with van der Waals surface area (Å²) in [6.45, 7) is 3.77. The number of benzene rings is 1. The highest BCUT2D eigenvalue weighted by atomic mass is 32.1. The summed E-state index contributed by atoms with van der Waals surface area (Å²) in [6.07, 6.45) is 3.69. The van der Waals surface area contributed by atoms with Crippen LogP contribution in [0.2, 0.25) is 0 Å². The van der Waals surface area contributed by atoms with Crippen LogP contribution in [-0.4, -0.2) is 33.4 Å². The number of piperidine rings is 1. The topological polar surface area (TPSA) is 55.2 Å². The number of nitrogens with zero attached hydrogens (tertiary/aromatic N) is 3. The third kappa shape index (κ3) is 3.17. The number of likely N-dealkylation sites (tertiary alicyclic amines) is 1. The van der Waals surface area contributed by atoms with E-state index >= 15 is 0 Å². The van der Waals surface area contributed by atoms with Crippen molar-refractivity contribution in [3.05, 3.63) is 52.4 Å². The Labute approximate surface area is 155 Å². The fraction of sp³-hybridized carbons (Fsp3) is 0.350. The minimum atomic E-state index is -0.145. The number of hydrogen-bond acceptors (Lipinski definition) is 4. The van der Waals surface area contributed by atoms with Crippen LogP contribution in [0.5, 0.6) is 0 Å². The second-order valence-corrected chi connectivity index (χ2v) is 7.82. The Morgan fingerprint density at radius 3 is 2.88 bits per heavy atom. The first-order chi connectivity index (χ1) is 12.6. The Kier molecular flexibility index (Phi) is 4.59. The minimum absolute atomic E-state index is 0.00343. The van der Waals surface area contributed by atoms with E-state index in [1.54, 1.807) is 0 Å². The van der Waals surface area contributed by atoms with Gasteiger partial charge in [-0.25, -0.2) is 4.98 Å². The Morgan fingerprint density at radius 2 is 2.12 bits per heavy atom. The first-order valence-electron chi connectivity index (χ1n) is 8.93. The summed E-state index contributed by atoms with van der Waals surface area (Å²) in [7, 11) is 0. The molecule has 1 fully saturated rings. The van der Waals surface area contributed by atoms with Gasteiger partial charge in [0.15, 0.2) is 0 Å². The van der Waals surface area contributed by atoms with Crippen molar-refractivity contribution < 1.29 is 4.79 Å². The van der Waals surface area contributed by atoms with E-state index in [0.29, 0.717) is 16.1 Å². The van der Waals surface area contributed by atoms with E-state index in [1.807, 2.05) is 40.6 Å². The minimum Gasteiger partial charge on any atom is -0.341 e. The third-order valence-electron chi connectivity index (χ3n) is 4.96. The molecule has 0 bridgehead atoms. The van der Waals surface area contributed by atoms with Gasteiger partial charge in [-0.2, -0.15) is 0 Å². The van der Waals surface area contributed by atoms with E-state index in [1.165, 1.54) is 22.2 Å². The van der Waals surface area contributed by atoms with E-state index in [-0.39, 0.29) is 18.0 Å². The molecule has 6 heteroatoms. The summed E-state index contributed by atoms with van der Waals surface area (Å²) < 4.78 is 1.45. The van der Waals surface area contributed by atoms with Crippen LogP contribution in [0.4, 0.5) is 0 Å². The predicted octanol–water partition coefficient (Wildman–Crippen LogP) is 3.38. The normalized spacial score (nSPS) is 17.6. The van der Waals surface area contributed by atoms with Gasteiger partial charge >= 0.3 is 0 Å². The molecule has 3 heterocycles. The number of carbonyl (C=O) groups is 1. The molecular weight excluding hydrogens is 346 g/mol. The fourth-order valence-electron chi connectivity index (χ4n) is 3.57. The lowest BCUT2D eigenvalue weighted by atomic mass is 10.0. The molecule has 3 aromatic rings. The maximum absolute atomic E-state index is 13.0. The molecule has 1 saturated heterocycles. The van der Waals surface area contributed by atoms with Gasteiger partial charge in [0, 0.05) is 24.0 Å². The van der Waals surface area contributed by atoms with Gasteiger partial charge in [0.05, 0.1) is 11.7 Å². The molecule has 0 spiro atoms. The molecule has 0 radical (unpaired) electrons. The van der Waals surface area contributed by atoms with Crippen LogP contribution in [0.25, 0.3) is 21.3 Å². The number of hydrogen-bond donors (Lipinski definition) is 0. The van der Waals surface area contributed by atoms with Crippen molar-refractivity contribution in [2.24, 2.45) is 5.92 Å². The van der Waals surface area contributed by atoms with Crippen LogP contribution in [0, 0.1) is 5.92 Å². The molecule has 4 rings (SSSR count). The van der Waals surface area contributed by atoms with E-state index in [9.17, 15) is 9.59 Å².